The number of pyridine rings is 1. The zero-order chi connectivity index (χ0) is 13.8. The normalized spacial score (nSPS) is 11.9. The minimum atomic E-state index is -0.860. The van der Waals surface area contributed by atoms with Crippen molar-refractivity contribution in [2.75, 3.05) is 7.05 Å². The zero-order valence-corrected chi connectivity index (χ0v) is 10.9. The minimum absolute atomic E-state index is 0.248. The van der Waals surface area contributed by atoms with Crippen molar-refractivity contribution in [1.29, 1.82) is 0 Å². The van der Waals surface area contributed by atoms with Crippen LogP contribution in [-0.2, 0) is 0 Å². The van der Waals surface area contributed by atoms with Gasteiger partial charge in [0.05, 0.1) is 0 Å². The molecule has 1 unspecified atom stereocenters. The van der Waals surface area contributed by atoms with E-state index in [1.807, 2.05) is 31.2 Å². The van der Waals surface area contributed by atoms with Gasteiger partial charge < -0.3 is 10.4 Å². The van der Waals surface area contributed by atoms with E-state index in [1.54, 1.807) is 19.2 Å². The van der Waals surface area contributed by atoms with Crippen molar-refractivity contribution in [3.63, 3.8) is 0 Å². The first kappa shape index (κ1) is 13.2. The molecule has 0 saturated heterocycles. The van der Waals surface area contributed by atoms with E-state index < -0.39 is 6.10 Å². The summed E-state index contributed by atoms with van der Waals surface area (Å²) in [6.07, 6.45) is 0.678. The SMILES string of the molecule is CNC(=O)c1ncccc1C(O)c1ccc(C)cc1. The van der Waals surface area contributed by atoms with Crippen molar-refractivity contribution in [2.24, 2.45) is 0 Å². The Bertz CT molecular complexity index is 579. The van der Waals surface area contributed by atoms with Gasteiger partial charge >= 0.3 is 0 Å². The van der Waals surface area contributed by atoms with Crippen molar-refractivity contribution in [1.82, 2.24) is 10.3 Å². The lowest BCUT2D eigenvalue weighted by atomic mass is 9.99. The van der Waals surface area contributed by atoms with Gasteiger partial charge in [0, 0.05) is 18.8 Å². The largest absolute Gasteiger partial charge is 0.384 e. The highest BCUT2D eigenvalue weighted by Gasteiger charge is 2.18. The topological polar surface area (TPSA) is 62.2 Å². The zero-order valence-electron chi connectivity index (χ0n) is 10.9. The van der Waals surface area contributed by atoms with E-state index in [2.05, 4.69) is 10.3 Å². The molecule has 1 amide bonds. The van der Waals surface area contributed by atoms with E-state index in [0.29, 0.717) is 5.56 Å². The fourth-order valence-electron chi connectivity index (χ4n) is 1.87. The van der Waals surface area contributed by atoms with Gasteiger partial charge in [0.15, 0.2) is 0 Å². The number of benzene rings is 1. The van der Waals surface area contributed by atoms with Crippen LogP contribution in [0.4, 0.5) is 0 Å². The number of aliphatic hydroxyl groups excluding tert-OH is 1. The molecule has 0 radical (unpaired) electrons. The van der Waals surface area contributed by atoms with E-state index >= 15 is 0 Å². The molecular formula is C15H16N2O2. The van der Waals surface area contributed by atoms with Crippen molar-refractivity contribution in [3.05, 3.63) is 65.0 Å². The third-order valence-corrected chi connectivity index (χ3v) is 2.97. The first-order valence-electron chi connectivity index (χ1n) is 6.05. The van der Waals surface area contributed by atoms with E-state index in [9.17, 15) is 9.90 Å². The Kier molecular flexibility index (Phi) is 3.92. The van der Waals surface area contributed by atoms with Gasteiger partial charge in [-0.2, -0.15) is 0 Å². The monoisotopic (exact) mass is 256 g/mol. The molecule has 2 rings (SSSR count). The molecule has 4 heteroatoms. The number of nitrogens with one attached hydrogen (secondary N) is 1. The lowest BCUT2D eigenvalue weighted by Crippen LogP contribution is -2.22. The minimum Gasteiger partial charge on any atom is -0.384 e. The van der Waals surface area contributed by atoms with Crippen LogP contribution >= 0.6 is 0 Å². The molecule has 4 nitrogen and oxygen atoms in total. The number of aryl methyl sites for hydroxylation is 1. The van der Waals surface area contributed by atoms with Crippen LogP contribution < -0.4 is 5.32 Å². The Balaban J connectivity index is 2.41. The van der Waals surface area contributed by atoms with Crippen LogP contribution in [0.5, 0.6) is 0 Å². The van der Waals surface area contributed by atoms with Crippen LogP contribution in [0.2, 0.25) is 0 Å². The number of amides is 1. The van der Waals surface area contributed by atoms with Crippen molar-refractivity contribution >= 4 is 5.91 Å². The fourth-order valence-corrected chi connectivity index (χ4v) is 1.87. The standard InChI is InChI=1S/C15H16N2O2/c1-10-5-7-11(8-6-10)14(18)12-4-3-9-17-13(12)15(19)16-2/h3-9,14,18H,1-2H3,(H,16,19). The number of nitrogens with zero attached hydrogens (tertiary/aromatic N) is 1. The molecule has 0 saturated carbocycles. The summed E-state index contributed by atoms with van der Waals surface area (Å²) >= 11 is 0. The molecule has 0 aliphatic heterocycles. The summed E-state index contributed by atoms with van der Waals surface area (Å²) in [4.78, 5) is 15.8. The van der Waals surface area contributed by atoms with Crippen LogP contribution in [0.25, 0.3) is 0 Å². The Morgan fingerprint density at radius 1 is 1.26 bits per heavy atom. The number of aliphatic hydroxyl groups is 1. The number of hydrogen-bond donors (Lipinski definition) is 2. The van der Waals surface area contributed by atoms with Gasteiger partial charge in [-0.05, 0) is 18.6 Å². The molecule has 0 bridgehead atoms. The lowest BCUT2D eigenvalue weighted by Gasteiger charge is -2.14. The molecule has 1 heterocycles. The highest BCUT2D eigenvalue weighted by Crippen LogP contribution is 2.24. The maximum absolute atomic E-state index is 11.7. The van der Waals surface area contributed by atoms with E-state index in [0.717, 1.165) is 11.1 Å². The lowest BCUT2D eigenvalue weighted by molar-refractivity contribution is 0.0952. The second kappa shape index (κ2) is 5.63. The molecule has 1 aromatic carbocycles. The molecular weight excluding hydrogens is 240 g/mol. The Morgan fingerprint density at radius 2 is 1.95 bits per heavy atom. The predicted octanol–water partition coefficient (Wildman–Crippen LogP) is 1.83. The number of rotatable bonds is 3. The summed E-state index contributed by atoms with van der Waals surface area (Å²) in [6, 6.07) is 11.0. The van der Waals surface area contributed by atoms with Crippen LogP contribution in [0.15, 0.2) is 42.6 Å². The molecule has 2 N–H and O–H groups in total. The molecule has 0 fully saturated rings. The molecule has 0 spiro atoms. The van der Waals surface area contributed by atoms with Gasteiger partial charge in [0.25, 0.3) is 5.91 Å². The number of hydrogen-bond acceptors (Lipinski definition) is 3. The van der Waals surface area contributed by atoms with Gasteiger partial charge in [-0.1, -0.05) is 35.9 Å². The van der Waals surface area contributed by atoms with E-state index in [-0.39, 0.29) is 11.6 Å². The average Bonchev–Trinajstić information content (AvgIpc) is 2.46. The van der Waals surface area contributed by atoms with Gasteiger partial charge in [-0.3, -0.25) is 9.78 Å². The third-order valence-electron chi connectivity index (χ3n) is 2.97. The summed E-state index contributed by atoms with van der Waals surface area (Å²) in [5.41, 5.74) is 2.61. The molecule has 0 aliphatic carbocycles. The van der Waals surface area contributed by atoms with Gasteiger partial charge in [-0.15, -0.1) is 0 Å². The van der Waals surface area contributed by atoms with Crippen LogP contribution in [-0.4, -0.2) is 23.0 Å². The number of aromatic nitrogens is 1. The Morgan fingerprint density at radius 3 is 2.58 bits per heavy atom. The Labute approximate surface area is 112 Å². The van der Waals surface area contributed by atoms with E-state index in [4.69, 9.17) is 0 Å². The van der Waals surface area contributed by atoms with Crippen molar-refractivity contribution < 1.29 is 9.90 Å². The van der Waals surface area contributed by atoms with Crippen molar-refractivity contribution in [3.8, 4) is 0 Å². The van der Waals surface area contributed by atoms with E-state index in [1.165, 1.54) is 6.20 Å². The first-order chi connectivity index (χ1) is 9.13. The van der Waals surface area contributed by atoms with Crippen LogP contribution in [0.3, 0.4) is 0 Å². The highest BCUT2D eigenvalue weighted by atomic mass is 16.3. The Hall–Kier alpha value is -2.20. The predicted molar refractivity (Wildman–Crippen MR) is 72.9 cm³/mol. The molecule has 98 valence electrons. The number of carbonyl (C=O) groups is 1. The third kappa shape index (κ3) is 2.80. The fraction of sp³-hybridized carbons (Fsp3) is 0.200. The molecule has 1 atom stereocenters. The van der Waals surface area contributed by atoms with Gasteiger partial charge in [0.1, 0.15) is 11.8 Å². The number of carbonyl (C=O) groups excluding carboxylic acids is 1. The van der Waals surface area contributed by atoms with Crippen molar-refractivity contribution in [2.45, 2.75) is 13.0 Å². The molecule has 1 aromatic heterocycles. The maximum atomic E-state index is 11.7. The molecule has 0 aliphatic rings. The quantitative estimate of drug-likeness (QED) is 0.880. The summed E-state index contributed by atoms with van der Waals surface area (Å²) in [5.74, 6) is -0.304. The van der Waals surface area contributed by atoms with Crippen LogP contribution in [0.1, 0.15) is 33.3 Å². The second-order valence-corrected chi connectivity index (χ2v) is 4.33. The highest BCUT2D eigenvalue weighted by molar-refractivity contribution is 5.93. The smallest absolute Gasteiger partial charge is 0.270 e. The maximum Gasteiger partial charge on any atom is 0.270 e. The van der Waals surface area contributed by atoms with Gasteiger partial charge in [0.2, 0.25) is 0 Å². The van der Waals surface area contributed by atoms with Gasteiger partial charge in [-0.25, -0.2) is 0 Å². The summed E-state index contributed by atoms with van der Waals surface area (Å²) in [7, 11) is 1.54. The molecule has 2 aromatic rings. The summed E-state index contributed by atoms with van der Waals surface area (Å²) < 4.78 is 0. The second-order valence-electron chi connectivity index (χ2n) is 4.33. The van der Waals surface area contributed by atoms with Crippen LogP contribution in [0, 0.1) is 6.92 Å². The molecule has 19 heavy (non-hydrogen) atoms. The summed E-state index contributed by atoms with van der Waals surface area (Å²) in [5, 5.41) is 12.9. The first-order valence-corrected chi connectivity index (χ1v) is 6.05. The average molecular weight is 256 g/mol. The summed E-state index contributed by atoms with van der Waals surface area (Å²) in [6.45, 7) is 1.98.